The molecule has 1 aliphatic rings. The van der Waals surface area contributed by atoms with E-state index in [1.807, 2.05) is 0 Å². The van der Waals surface area contributed by atoms with Gasteiger partial charge >= 0.3 is 0 Å². The van der Waals surface area contributed by atoms with Gasteiger partial charge in [-0.15, -0.1) is 0 Å². The molecule has 0 aliphatic carbocycles. The minimum atomic E-state index is 0.571. The molecule has 0 saturated heterocycles. The molecule has 0 N–H and O–H groups in total. The van der Waals surface area contributed by atoms with Crippen molar-refractivity contribution in [3.63, 3.8) is 0 Å². The Hall–Kier alpha value is -0.660. The molecule has 1 unspecified atom stereocenters. The van der Waals surface area contributed by atoms with Crippen molar-refractivity contribution in [1.29, 1.82) is 0 Å². The number of hydrogen-bond acceptors (Lipinski definition) is 2. The van der Waals surface area contributed by atoms with Crippen molar-refractivity contribution in [1.82, 2.24) is 9.80 Å². The minimum Gasteiger partial charge on any atom is -0.357 e. The average molecular weight is 210 g/mol. The van der Waals surface area contributed by atoms with Gasteiger partial charge in [0.25, 0.3) is 0 Å². The summed E-state index contributed by atoms with van der Waals surface area (Å²) in [6.45, 7) is 9.10. The maximum absolute atomic E-state index is 2.45. The van der Waals surface area contributed by atoms with Gasteiger partial charge in [-0.05, 0) is 20.3 Å². The second kappa shape index (κ2) is 6.76. The first-order chi connectivity index (χ1) is 7.29. The van der Waals surface area contributed by atoms with Gasteiger partial charge in [0.15, 0.2) is 0 Å². The normalized spacial score (nSPS) is 20.3. The Kier molecular flexibility index (Phi) is 5.59. The van der Waals surface area contributed by atoms with E-state index in [2.05, 4.69) is 43.0 Å². The fourth-order valence-electron chi connectivity index (χ4n) is 2.14. The summed E-state index contributed by atoms with van der Waals surface area (Å²) < 4.78 is 0. The van der Waals surface area contributed by atoms with Crippen molar-refractivity contribution in [2.75, 3.05) is 13.1 Å². The van der Waals surface area contributed by atoms with Crippen LogP contribution in [-0.2, 0) is 0 Å². The van der Waals surface area contributed by atoms with Crippen LogP contribution in [0, 0.1) is 0 Å². The summed E-state index contributed by atoms with van der Waals surface area (Å²) in [5, 5.41) is 0. The zero-order chi connectivity index (χ0) is 11.1. The minimum absolute atomic E-state index is 0.571. The van der Waals surface area contributed by atoms with E-state index in [4.69, 9.17) is 0 Å². The van der Waals surface area contributed by atoms with Crippen LogP contribution in [0.25, 0.3) is 0 Å². The molecule has 0 bridgehead atoms. The third kappa shape index (κ3) is 3.77. The SMILES string of the molecule is CCCCCCCN1C=CN(CC)C1C. The summed E-state index contributed by atoms with van der Waals surface area (Å²) in [5.74, 6) is 0. The first kappa shape index (κ1) is 12.4. The van der Waals surface area contributed by atoms with Gasteiger partial charge in [-0.25, -0.2) is 0 Å². The molecule has 1 atom stereocenters. The summed E-state index contributed by atoms with van der Waals surface area (Å²) in [6.07, 6.45) is 11.9. The molecule has 1 aliphatic heterocycles. The van der Waals surface area contributed by atoms with E-state index in [-0.39, 0.29) is 0 Å². The molecule has 0 aromatic carbocycles. The van der Waals surface area contributed by atoms with Gasteiger partial charge in [0.05, 0.1) is 6.17 Å². The predicted molar refractivity (Wildman–Crippen MR) is 66.4 cm³/mol. The number of rotatable bonds is 7. The van der Waals surface area contributed by atoms with Crippen LogP contribution < -0.4 is 0 Å². The number of unbranched alkanes of at least 4 members (excludes halogenated alkanes) is 4. The highest BCUT2D eigenvalue weighted by Crippen LogP contribution is 2.16. The van der Waals surface area contributed by atoms with E-state index in [1.165, 1.54) is 38.6 Å². The van der Waals surface area contributed by atoms with Crippen LogP contribution >= 0.6 is 0 Å². The smallest absolute Gasteiger partial charge is 0.0977 e. The second-order valence-electron chi connectivity index (χ2n) is 4.41. The Morgan fingerprint density at radius 2 is 1.60 bits per heavy atom. The van der Waals surface area contributed by atoms with Gasteiger partial charge in [0, 0.05) is 25.5 Å². The molecular formula is C13H26N2. The van der Waals surface area contributed by atoms with Crippen molar-refractivity contribution in [2.45, 2.75) is 59.0 Å². The van der Waals surface area contributed by atoms with Gasteiger partial charge < -0.3 is 9.80 Å². The Bertz CT molecular complexity index is 189. The molecule has 0 saturated carbocycles. The maximum atomic E-state index is 2.45. The van der Waals surface area contributed by atoms with Gasteiger partial charge in [-0.1, -0.05) is 32.6 Å². The molecular weight excluding hydrogens is 184 g/mol. The van der Waals surface area contributed by atoms with Crippen LogP contribution in [0.3, 0.4) is 0 Å². The molecule has 1 rings (SSSR count). The fourth-order valence-corrected chi connectivity index (χ4v) is 2.14. The quantitative estimate of drug-likeness (QED) is 0.594. The number of hydrogen-bond donors (Lipinski definition) is 0. The van der Waals surface area contributed by atoms with Gasteiger partial charge in [0.1, 0.15) is 0 Å². The second-order valence-corrected chi connectivity index (χ2v) is 4.41. The topological polar surface area (TPSA) is 6.48 Å². The maximum Gasteiger partial charge on any atom is 0.0977 e. The molecule has 88 valence electrons. The predicted octanol–water partition coefficient (Wildman–Crippen LogP) is 3.41. The Labute approximate surface area is 94.9 Å². The molecule has 0 aromatic rings. The Morgan fingerprint density at radius 1 is 0.933 bits per heavy atom. The molecule has 0 aromatic heterocycles. The molecule has 2 heteroatoms. The van der Waals surface area contributed by atoms with E-state index in [0.717, 1.165) is 6.54 Å². The van der Waals surface area contributed by atoms with Crippen molar-refractivity contribution >= 4 is 0 Å². The summed E-state index contributed by atoms with van der Waals surface area (Å²) in [7, 11) is 0. The highest BCUT2D eigenvalue weighted by molar-refractivity contribution is 4.94. The zero-order valence-corrected chi connectivity index (χ0v) is 10.6. The van der Waals surface area contributed by atoms with Crippen molar-refractivity contribution in [3.8, 4) is 0 Å². The lowest BCUT2D eigenvalue weighted by atomic mass is 10.1. The van der Waals surface area contributed by atoms with Gasteiger partial charge in [-0.3, -0.25) is 0 Å². The van der Waals surface area contributed by atoms with Crippen LogP contribution in [0.4, 0.5) is 0 Å². The molecule has 0 radical (unpaired) electrons. The van der Waals surface area contributed by atoms with Crippen molar-refractivity contribution < 1.29 is 0 Å². The largest absolute Gasteiger partial charge is 0.357 e. The average Bonchev–Trinajstić information content (AvgIpc) is 2.60. The van der Waals surface area contributed by atoms with E-state index >= 15 is 0 Å². The highest BCUT2D eigenvalue weighted by Gasteiger charge is 2.19. The first-order valence-electron chi connectivity index (χ1n) is 6.49. The van der Waals surface area contributed by atoms with Crippen molar-refractivity contribution in [3.05, 3.63) is 12.4 Å². The standard InChI is InChI=1S/C13H26N2/c1-4-6-7-8-9-10-15-12-11-14(5-2)13(15)3/h11-13H,4-10H2,1-3H3. The molecule has 0 fully saturated rings. The summed E-state index contributed by atoms with van der Waals surface area (Å²) >= 11 is 0. The lowest BCUT2D eigenvalue weighted by Gasteiger charge is -2.28. The highest BCUT2D eigenvalue weighted by atomic mass is 15.4. The van der Waals surface area contributed by atoms with Crippen LogP contribution in [-0.4, -0.2) is 29.1 Å². The molecule has 15 heavy (non-hydrogen) atoms. The first-order valence-corrected chi connectivity index (χ1v) is 6.49. The molecule has 0 spiro atoms. The van der Waals surface area contributed by atoms with Gasteiger partial charge in [-0.2, -0.15) is 0 Å². The van der Waals surface area contributed by atoms with Crippen LogP contribution in [0.15, 0.2) is 12.4 Å². The van der Waals surface area contributed by atoms with Crippen LogP contribution in [0.1, 0.15) is 52.9 Å². The van der Waals surface area contributed by atoms with E-state index in [0.29, 0.717) is 6.17 Å². The lowest BCUT2D eigenvalue weighted by Crippen LogP contribution is -2.36. The third-order valence-corrected chi connectivity index (χ3v) is 3.29. The fraction of sp³-hybridized carbons (Fsp3) is 0.846. The zero-order valence-electron chi connectivity index (χ0n) is 10.6. The molecule has 0 amide bonds. The molecule has 1 heterocycles. The van der Waals surface area contributed by atoms with Gasteiger partial charge in [0.2, 0.25) is 0 Å². The summed E-state index contributed by atoms with van der Waals surface area (Å²) in [4.78, 5) is 4.83. The summed E-state index contributed by atoms with van der Waals surface area (Å²) in [5.41, 5.74) is 0. The Morgan fingerprint density at radius 3 is 2.20 bits per heavy atom. The molecule has 2 nitrogen and oxygen atoms in total. The Balaban J connectivity index is 2.10. The van der Waals surface area contributed by atoms with E-state index in [1.54, 1.807) is 0 Å². The van der Waals surface area contributed by atoms with Crippen LogP contribution in [0.5, 0.6) is 0 Å². The van der Waals surface area contributed by atoms with E-state index < -0.39 is 0 Å². The lowest BCUT2D eigenvalue weighted by molar-refractivity contribution is 0.173. The monoisotopic (exact) mass is 210 g/mol. The van der Waals surface area contributed by atoms with E-state index in [9.17, 15) is 0 Å². The summed E-state index contributed by atoms with van der Waals surface area (Å²) in [6, 6.07) is 0. The number of nitrogens with zero attached hydrogens (tertiary/aromatic N) is 2. The third-order valence-electron chi connectivity index (χ3n) is 3.29. The van der Waals surface area contributed by atoms with Crippen LogP contribution in [0.2, 0.25) is 0 Å². The van der Waals surface area contributed by atoms with Crippen molar-refractivity contribution in [2.24, 2.45) is 0 Å².